The summed E-state index contributed by atoms with van der Waals surface area (Å²) in [6.07, 6.45) is 5.43. The van der Waals surface area contributed by atoms with Crippen molar-refractivity contribution in [2.24, 2.45) is 0 Å². The average molecular weight is 351 g/mol. The summed E-state index contributed by atoms with van der Waals surface area (Å²) >= 11 is 3.34. The number of carbonyl (C=O) groups is 1. The van der Waals surface area contributed by atoms with E-state index in [0.717, 1.165) is 23.2 Å². The average Bonchev–Trinajstić information content (AvgIpc) is 2.90. The second kappa shape index (κ2) is 6.87. The lowest BCUT2D eigenvalue weighted by molar-refractivity contribution is 0.0784. The maximum atomic E-state index is 12.4. The summed E-state index contributed by atoms with van der Waals surface area (Å²) in [6.45, 7) is 6.03. The third-order valence-electron chi connectivity index (χ3n) is 3.25. The molecule has 2 rings (SSSR count). The van der Waals surface area contributed by atoms with E-state index in [1.54, 1.807) is 11.1 Å². The van der Waals surface area contributed by atoms with Gasteiger partial charge in [0.1, 0.15) is 5.65 Å². The Morgan fingerprint density at radius 2 is 2.14 bits per heavy atom. The summed E-state index contributed by atoms with van der Waals surface area (Å²) in [4.78, 5) is 20.4. The molecule has 0 atom stereocenters. The van der Waals surface area contributed by atoms with Gasteiger partial charge in [0.15, 0.2) is 0 Å². The summed E-state index contributed by atoms with van der Waals surface area (Å²) < 4.78 is 2.82. The molecule has 0 unspecified atom stereocenters. The molecule has 1 amide bonds. The number of likely N-dealkylation sites (N-methyl/N-ethyl adjacent to an activating group) is 2. The Morgan fingerprint density at radius 1 is 1.38 bits per heavy atom. The lowest BCUT2D eigenvalue weighted by atomic mass is 10.2. The molecule has 0 radical (unpaired) electrons. The Labute approximate surface area is 133 Å². The number of halogens is 1. The van der Waals surface area contributed by atoms with Crippen molar-refractivity contribution in [2.75, 3.05) is 33.7 Å². The first-order chi connectivity index (χ1) is 9.97. The van der Waals surface area contributed by atoms with E-state index in [0.29, 0.717) is 12.1 Å². The maximum Gasteiger partial charge on any atom is 0.253 e. The van der Waals surface area contributed by atoms with E-state index in [1.807, 2.05) is 43.0 Å². The molecular formula is C15H19BrN4O. The molecule has 2 aromatic rings. The fraction of sp³-hybridized carbons (Fsp3) is 0.333. The number of pyridine rings is 1. The van der Waals surface area contributed by atoms with Crippen LogP contribution in [0.15, 0.2) is 41.8 Å². The first kappa shape index (κ1) is 15.7. The molecule has 0 saturated heterocycles. The van der Waals surface area contributed by atoms with Crippen LogP contribution in [-0.2, 0) is 0 Å². The molecule has 0 aliphatic carbocycles. The number of amides is 1. The van der Waals surface area contributed by atoms with Crippen LogP contribution in [0.2, 0.25) is 0 Å². The molecule has 0 spiro atoms. The monoisotopic (exact) mass is 350 g/mol. The highest BCUT2D eigenvalue weighted by Gasteiger charge is 2.13. The van der Waals surface area contributed by atoms with Crippen LogP contribution in [0.1, 0.15) is 10.4 Å². The smallest absolute Gasteiger partial charge is 0.253 e. The SMILES string of the molecule is C=C(Br)CN(C)CCN(C)C(=O)c1ccn2ccnc2c1. The number of rotatable bonds is 6. The van der Waals surface area contributed by atoms with Gasteiger partial charge in [0.2, 0.25) is 0 Å². The lowest BCUT2D eigenvalue weighted by Crippen LogP contribution is -2.35. The van der Waals surface area contributed by atoms with Crippen molar-refractivity contribution >= 4 is 27.5 Å². The number of carbonyl (C=O) groups excluding carboxylic acids is 1. The number of fused-ring (bicyclic) bond motifs is 1. The van der Waals surface area contributed by atoms with Crippen molar-refractivity contribution in [3.8, 4) is 0 Å². The predicted molar refractivity (Wildman–Crippen MR) is 87.7 cm³/mol. The van der Waals surface area contributed by atoms with E-state index in [4.69, 9.17) is 0 Å². The van der Waals surface area contributed by atoms with Crippen molar-refractivity contribution in [1.29, 1.82) is 0 Å². The molecule has 0 aliphatic heterocycles. The van der Waals surface area contributed by atoms with E-state index in [1.165, 1.54) is 0 Å². The van der Waals surface area contributed by atoms with Gasteiger partial charge in [0.05, 0.1) is 0 Å². The van der Waals surface area contributed by atoms with E-state index >= 15 is 0 Å². The molecule has 2 aromatic heterocycles. The van der Waals surface area contributed by atoms with Crippen LogP contribution < -0.4 is 0 Å². The second-order valence-electron chi connectivity index (χ2n) is 5.09. The van der Waals surface area contributed by atoms with Crippen molar-refractivity contribution in [2.45, 2.75) is 0 Å². The quantitative estimate of drug-likeness (QED) is 0.802. The molecule has 21 heavy (non-hydrogen) atoms. The van der Waals surface area contributed by atoms with Crippen LogP contribution >= 0.6 is 15.9 Å². The lowest BCUT2D eigenvalue weighted by Gasteiger charge is -2.22. The van der Waals surface area contributed by atoms with Crippen LogP contribution in [-0.4, -0.2) is 58.8 Å². The Bertz CT molecular complexity index is 652. The Balaban J connectivity index is 1.96. The van der Waals surface area contributed by atoms with Gasteiger partial charge in [-0.05, 0) is 19.2 Å². The second-order valence-corrected chi connectivity index (χ2v) is 6.21. The van der Waals surface area contributed by atoms with Gasteiger partial charge in [0.25, 0.3) is 5.91 Å². The molecular weight excluding hydrogens is 332 g/mol. The van der Waals surface area contributed by atoms with Gasteiger partial charge in [-0.15, -0.1) is 0 Å². The van der Waals surface area contributed by atoms with Crippen molar-refractivity contribution in [1.82, 2.24) is 19.2 Å². The van der Waals surface area contributed by atoms with E-state index in [2.05, 4.69) is 32.4 Å². The van der Waals surface area contributed by atoms with Crippen LogP contribution in [0.4, 0.5) is 0 Å². The fourth-order valence-electron chi connectivity index (χ4n) is 2.06. The number of nitrogens with zero attached hydrogens (tertiary/aromatic N) is 4. The molecule has 0 saturated carbocycles. The van der Waals surface area contributed by atoms with Gasteiger partial charge in [0, 0.05) is 55.3 Å². The molecule has 0 fully saturated rings. The summed E-state index contributed by atoms with van der Waals surface area (Å²) in [6, 6.07) is 3.63. The fourth-order valence-corrected chi connectivity index (χ4v) is 2.49. The van der Waals surface area contributed by atoms with Gasteiger partial charge in [-0.2, -0.15) is 0 Å². The van der Waals surface area contributed by atoms with Crippen molar-refractivity contribution < 1.29 is 4.79 Å². The van der Waals surface area contributed by atoms with E-state index in [9.17, 15) is 4.79 Å². The molecule has 6 heteroatoms. The highest BCUT2D eigenvalue weighted by atomic mass is 79.9. The molecule has 2 heterocycles. The van der Waals surface area contributed by atoms with Gasteiger partial charge >= 0.3 is 0 Å². The molecule has 0 bridgehead atoms. The Morgan fingerprint density at radius 3 is 2.86 bits per heavy atom. The highest BCUT2D eigenvalue weighted by Crippen LogP contribution is 2.08. The zero-order valence-corrected chi connectivity index (χ0v) is 13.9. The minimum Gasteiger partial charge on any atom is -0.340 e. The third-order valence-corrected chi connectivity index (χ3v) is 3.50. The topological polar surface area (TPSA) is 40.9 Å². The van der Waals surface area contributed by atoms with Gasteiger partial charge in [-0.3, -0.25) is 9.69 Å². The summed E-state index contributed by atoms with van der Waals surface area (Å²) in [5.74, 6) is 0.00608. The van der Waals surface area contributed by atoms with Crippen LogP contribution in [0, 0.1) is 0 Å². The van der Waals surface area contributed by atoms with Crippen LogP contribution in [0.3, 0.4) is 0 Å². The van der Waals surface area contributed by atoms with Crippen LogP contribution in [0.25, 0.3) is 5.65 Å². The normalized spacial score (nSPS) is 11.0. The first-order valence-electron chi connectivity index (χ1n) is 6.67. The van der Waals surface area contributed by atoms with E-state index < -0.39 is 0 Å². The van der Waals surface area contributed by atoms with Gasteiger partial charge in [-0.25, -0.2) is 4.98 Å². The third kappa shape index (κ3) is 4.15. The maximum absolute atomic E-state index is 12.4. The predicted octanol–water partition coefficient (Wildman–Crippen LogP) is 2.25. The Kier molecular flexibility index (Phi) is 5.14. The zero-order valence-electron chi connectivity index (χ0n) is 12.3. The molecule has 0 aliphatic rings. The molecule has 5 nitrogen and oxygen atoms in total. The summed E-state index contributed by atoms with van der Waals surface area (Å²) in [5, 5.41) is 0. The van der Waals surface area contributed by atoms with Gasteiger partial charge in [-0.1, -0.05) is 22.5 Å². The zero-order chi connectivity index (χ0) is 15.4. The minimum atomic E-state index is 0.00608. The first-order valence-corrected chi connectivity index (χ1v) is 7.46. The summed E-state index contributed by atoms with van der Waals surface area (Å²) in [7, 11) is 3.82. The Hall–Kier alpha value is -1.66. The van der Waals surface area contributed by atoms with Crippen LogP contribution in [0.5, 0.6) is 0 Å². The number of aromatic nitrogens is 2. The largest absolute Gasteiger partial charge is 0.340 e. The molecule has 0 N–H and O–H groups in total. The highest BCUT2D eigenvalue weighted by molar-refractivity contribution is 9.11. The minimum absolute atomic E-state index is 0.00608. The molecule has 0 aromatic carbocycles. The van der Waals surface area contributed by atoms with E-state index in [-0.39, 0.29) is 5.91 Å². The van der Waals surface area contributed by atoms with Crippen molar-refractivity contribution in [3.05, 3.63) is 47.3 Å². The number of hydrogen-bond donors (Lipinski definition) is 0. The number of imidazole rings is 1. The standard InChI is InChI=1S/C15H19BrN4O/c1-12(16)11-18(2)8-9-19(3)15(21)13-4-6-20-7-5-17-14(20)10-13/h4-7,10H,1,8-9,11H2,2-3H3. The number of hydrogen-bond acceptors (Lipinski definition) is 3. The van der Waals surface area contributed by atoms with Gasteiger partial charge < -0.3 is 9.30 Å². The molecule has 112 valence electrons. The summed E-state index contributed by atoms with van der Waals surface area (Å²) in [5.41, 5.74) is 1.44. The van der Waals surface area contributed by atoms with Crippen molar-refractivity contribution in [3.63, 3.8) is 0 Å².